The van der Waals surface area contributed by atoms with E-state index in [1.165, 1.54) is 0 Å². The zero-order valence-corrected chi connectivity index (χ0v) is 6.01. The van der Waals surface area contributed by atoms with Crippen LogP contribution < -0.4 is 0 Å². The van der Waals surface area contributed by atoms with Crippen LogP contribution in [0.2, 0.25) is 0 Å². The molecule has 1 rings (SSSR count). The first-order valence-corrected chi connectivity index (χ1v) is 3.65. The molecule has 0 aromatic carbocycles. The van der Waals surface area contributed by atoms with Gasteiger partial charge in [0.2, 0.25) is 0 Å². The zero-order chi connectivity index (χ0) is 8.43. The Balaban J connectivity index is 2.66. The van der Waals surface area contributed by atoms with Gasteiger partial charge in [-0.15, -0.1) is 6.42 Å². The summed E-state index contributed by atoms with van der Waals surface area (Å²) >= 11 is -2.13. The van der Waals surface area contributed by atoms with Crippen LogP contribution in [-0.4, -0.2) is 22.8 Å². The molecule has 0 spiro atoms. The van der Waals surface area contributed by atoms with Crippen LogP contribution in [0.4, 0.5) is 8.78 Å². The Morgan fingerprint density at radius 1 is 1.55 bits per heavy atom. The third kappa shape index (κ3) is 1.74. The fourth-order valence-corrected chi connectivity index (χ4v) is 1.35. The van der Waals surface area contributed by atoms with Crippen LogP contribution in [0.15, 0.2) is 0 Å². The monoisotopic (exact) mass is 182 g/mol. The summed E-state index contributed by atoms with van der Waals surface area (Å²) in [4.78, 5) is 0. The molecule has 62 valence electrons. The third-order valence-electron chi connectivity index (χ3n) is 1.08. The Morgan fingerprint density at radius 3 is 2.55 bits per heavy atom. The second-order valence-electron chi connectivity index (χ2n) is 1.78. The molecule has 0 N–H and O–H groups in total. The molecule has 1 aliphatic rings. The van der Waals surface area contributed by atoms with E-state index in [0.29, 0.717) is 0 Å². The van der Waals surface area contributed by atoms with Crippen molar-refractivity contribution >= 4 is 11.4 Å². The minimum Gasteiger partial charge on any atom is -0.255 e. The number of alkyl halides is 2. The van der Waals surface area contributed by atoms with E-state index in [1.54, 1.807) is 0 Å². The molecule has 0 aromatic heterocycles. The summed E-state index contributed by atoms with van der Waals surface area (Å²) in [6, 6.07) is 0. The van der Waals surface area contributed by atoms with E-state index >= 15 is 0 Å². The SMILES string of the molecule is C#CC1OS(=O)OC1C(F)F. The lowest BCUT2D eigenvalue weighted by molar-refractivity contribution is 0.0110. The molecule has 0 aliphatic carbocycles. The van der Waals surface area contributed by atoms with E-state index in [2.05, 4.69) is 8.37 Å². The second kappa shape index (κ2) is 3.26. The fraction of sp³-hybridized carbons (Fsp3) is 0.600. The Morgan fingerprint density at radius 2 is 2.18 bits per heavy atom. The van der Waals surface area contributed by atoms with Crippen LogP contribution in [0.25, 0.3) is 0 Å². The molecule has 1 heterocycles. The van der Waals surface area contributed by atoms with E-state index in [0.717, 1.165) is 0 Å². The van der Waals surface area contributed by atoms with Gasteiger partial charge >= 0.3 is 11.4 Å². The van der Waals surface area contributed by atoms with Crippen molar-refractivity contribution < 1.29 is 21.4 Å². The molecule has 1 fully saturated rings. The van der Waals surface area contributed by atoms with Crippen molar-refractivity contribution in [3.8, 4) is 12.3 Å². The van der Waals surface area contributed by atoms with Crippen LogP contribution >= 0.6 is 0 Å². The second-order valence-corrected chi connectivity index (χ2v) is 2.58. The smallest absolute Gasteiger partial charge is 0.255 e. The average molecular weight is 182 g/mol. The van der Waals surface area contributed by atoms with Gasteiger partial charge in [-0.05, 0) is 0 Å². The fourth-order valence-electron chi connectivity index (χ4n) is 0.600. The summed E-state index contributed by atoms with van der Waals surface area (Å²) in [5.41, 5.74) is 0. The Kier molecular flexibility index (Phi) is 2.54. The first-order chi connectivity index (χ1) is 5.15. The lowest BCUT2D eigenvalue weighted by Gasteiger charge is -2.06. The molecule has 11 heavy (non-hydrogen) atoms. The number of terminal acetylenes is 1. The maximum Gasteiger partial charge on any atom is 0.306 e. The number of halogens is 2. The maximum atomic E-state index is 11.9. The minimum absolute atomic E-state index is 1.21. The highest BCUT2D eigenvalue weighted by Gasteiger charge is 2.40. The van der Waals surface area contributed by atoms with Crippen molar-refractivity contribution in [3.63, 3.8) is 0 Å². The molecule has 1 aliphatic heterocycles. The summed E-state index contributed by atoms with van der Waals surface area (Å²) in [5.74, 6) is 1.91. The minimum atomic E-state index is -2.78. The van der Waals surface area contributed by atoms with Gasteiger partial charge in [0.25, 0.3) is 6.43 Å². The van der Waals surface area contributed by atoms with Crippen molar-refractivity contribution in [1.29, 1.82) is 0 Å². The van der Waals surface area contributed by atoms with Crippen LogP contribution in [-0.2, 0) is 19.7 Å². The Labute approximate surface area is 64.5 Å². The molecule has 0 radical (unpaired) electrons. The molecule has 0 aromatic rings. The summed E-state index contributed by atoms with van der Waals surface area (Å²) in [6.45, 7) is 0. The van der Waals surface area contributed by atoms with E-state index in [-0.39, 0.29) is 0 Å². The Hall–Kier alpha value is -0.510. The van der Waals surface area contributed by atoms with E-state index in [4.69, 9.17) is 6.42 Å². The van der Waals surface area contributed by atoms with E-state index in [1.807, 2.05) is 5.92 Å². The lowest BCUT2D eigenvalue weighted by atomic mass is 10.2. The number of hydrogen-bond acceptors (Lipinski definition) is 3. The standard InChI is InChI=1S/C5H4F2O3S/c1-2-3-4(5(6)7)10-11(8)9-3/h1,3-5H. The van der Waals surface area contributed by atoms with Gasteiger partial charge in [0, 0.05) is 0 Å². The molecule has 6 heteroatoms. The van der Waals surface area contributed by atoms with Gasteiger partial charge in [0.05, 0.1) is 0 Å². The summed E-state index contributed by atoms with van der Waals surface area (Å²) in [7, 11) is 0. The van der Waals surface area contributed by atoms with Crippen molar-refractivity contribution in [1.82, 2.24) is 0 Å². The maximum absolute atomic E-state index is 11.9. The molecular formula is C5H4F2O3S. The highest BCUT2D eigenvalue weighted by Crippen LogP contribution is 2.22. The zero-order valence-electron chi connectivity index (χ0n) is 5.20. The molecule has 0 amide bonds. The van der Waals surface area contributed by atoms with Crippen LogP contribution in [0, 0.1) is 12.3 Å². The van der Waals surface area contributed by atoms with Crippen LogP contribution in [0.1, 0.15) is 0 Å². The quantitative estimate of drug-likeness (QED) is 0.545. The molecule has 3 nitrogen and oxygen atoms in total. The first kappa shape index (κ1) is 8.59. The van der Waals surface area contributed by atoms with Crippen molar-refractivity contribution in [2.75, 3.05) is 0 Å². The largest absolute Gasteiger partial charge is 0.306 e. The van der Waals surface area contributed by atoms with Crippen LogP contribution in [0.3, 0.4) is 0 Å². The lowest BCUT2D eigenvalue weighted by Crippen LogP contribution is -2.28. The number of hydrogen-bond donors (Lipinski definition) is 0. The van der Waals surface area contributed by atoms with Gasteiger partial charge < -0.3 is 0 Å². The predicted molar refractivity (Wildman–Crippen MR) is 32.7 cm³/mol. The van der Waals surface area contributed by atoms with Crippen molar-refractivity contribution in [2.45, 2.75) is 18.6 Å². The molecule has 3 unspecified atom stereocenters. The summed E-state index contributed by atoms with van der Waals surface area (Å²) in [6.07, 6.45) is -0.755. The molecule has 1 saturated heterocycles. The first-order valence-electron chi connectivity index (χ1n) is 2.65. The molecule has 0 bridgehead atoms. The molecular weight excluding hydrogens is 178 g/mol. The van der Waals surface area contributed by atoms with Gasteiger partial charge in [-0.2, -0.15) is 4.21 Å². The van der Waals surface area contributed by atoms with Gasteiger partial charge in [-0.25, -0.2) is 13.0 Å². The normalized spacial score (nSPS) is 37.5. The molecule has 3 atom stereocenters. The van der Waals surface area contributed by atoms with E-state index in [9.17, 15) is 13.0 Å². The van der Waals surface area contributed by atoms with Crippen molar-refractivity contribution in [2.24, 2.45) is 0 Å². The van der Waals surface area contributed by atoms with Crippen LogP contribution in [0.5, 0.6) is 0 Å². The van der Waals surface area contributed by atoms with E-state index < -0.39 is 30.0 Å². The topological polar surface area (TPSA) is 35.5 Å². The number of rotatable bonds is 1. The average Bonchev–Trinajstić information content (AvgIpc) is 2.30. The van der Waals surface area contributed by atoms with Gasteiger partial charge in [-0.3, -0.25) is 4.18 Å². The predicted octanol–water partition coefficient (Wildman–Crippen LogP) is 0.247. The molecule has 0 saturated carbocycles. The van der Waals surface area contributed by atoms with Crippen molar-refractivity contribution in [3.05, 3.63) is 0 Å². The highest BCUT2D eigenvalue weighted by atomic mass is 32.2. The van der Waals surface area contributed by atoms with Gasteiger partial charge in [-0.1, -0.05) is 5.92 Å². The third-order valence-corrected chi connectivity index (χ3v) is 1.83. The van der Waals surface area contributed by atoms with Gasteiger partial charge in [0.1, 0.15) is 0 Å². The highest BCUT2D eigenvalue weighted by molar-refractivity contribution is 7.75. The summed E-state index contributed by atoms with van der Waals surface area (Å²) < 4.78 is 42.7. The Bertz CT molecular complexity index is 212. The van der Waals surface area contributed by atoms with Gasteiger partial charge in [0.15, 0.2) is 12.2 Å². The summed E-state index contributed by atoms with van der Waals surface area (Å²) in [5, 5.41) is 0.